The highest BCUT2D eigenvalue weighted by atomic mass is 16.1. The van der Waals surface area contributed by atoms with Gasteiger partial charge in [-0.15, -0.1) is 0 Å². The van der Waals surface area contributed by atoms with E-state index in [0.29, 0.717) is 12.2 Å². The van der Waals surface area contributed by atoms with E-state index in [4.69, 9.17) is 0 Å². The van der Waals surface area contributed by atoms with Gasteiger partial charge in [-0.05, 0) is 62.9 Å². The third-order valence-corrected chi connectivity index (χ3v) is 4.78. The molecule has 2 rings (SSSR count). The molecule has 2 nitrogen and oxygen atoms in total. The molecule has 1 aromatic carbocycles. The molecular formula is C19H29NO. The van der Waals surface area contributed by atoms with E-state index in [2.05, 4.69) is 43.9 Å². The van der Waals surface area contributed by atoms with E-state index in [9.17, 15) is 4.79 Å². The molecular weight excluding hydrogens is 258 g/mol. The number of aryl methyl sites for hydroxylation is 2. The third kappa shape index (κ3) is 4.16. The molecule has 1 aliphatic heterocycles. The van der Waals surface area contributed by atoms with Crippen LogP contribution in [0.25, 0.3) is 0 Å². The Balaban J connectivity index is 2.07. The normalized spacial score (nSPS) is 19.7. The summed E-state index contributed by atoms with van der Waals surface area (Å²) in [4.78, 5) is 15.2. The van der Waals surface area contributed by atoms with Gasteiger partial charge in [0.05, 0.1) is 6.04 Å². The number of piperidine rings is 1. The fraction of sp³-hybridized carbons (Fsp3) is 0.632. The first-order valence-electron chi connectivity index (χ1n) is 8.45. The second kappa shape index (κ2) is 7.74. The van der Waals surface area contributed by atoms with Crippen molar-refractivity contribution in [1.82, 2.24) is 4.90 Å². The number of carbonyl (C=O) groups excluding carboxylic acids is 1. The van der Waals surface area contributed by atoms with Crippen LogP contribution in [0.5, 0.6) is 0 Å². The second-order valence-electron chi connectivity index (χ2n) is 6.41. The predicted octanol–water partition coefficient (Wildman–Crippen LogP) is 4.07. The SMILES string of the molecule is CCCCN1CCCCC1C(=O)Cc1c(C)cccc1C. The molecule has 116 valence electrons. The van der Waals surface area contributed by atoms with Crippen LogP contribution in [0.4, 0.5) is 0 Å². The van der Waals surface area contributed by atoms with Gasteiger partial charge in [-0.3, -0.25) is 9.69 Å². The average molecular weight is 287 g/mol. The Hall–Kier alpha value is -1.15. The maximum absolute atomic E-state index is 12.8. The van der Waals surface area contributed by atoms with Gasteiger partial charge in [0.15, 0.2) is 5.78 Å². The largest absolute Gasteiger partial charge is 0.298 e. The van der Waals surface area contributed by atoms with Gasteiger partial charge in [0.1, 0.15) is 0 Å². The van der Waals surface area contributed by atoms with Crippen LogP contribution in [0.3, 0.4) is 0 Å². The zero-order chi connectivity index (χ0) is 15.2. The molecule has 1 aliphatic rings. The lowest BCUT2D eigenvalue weighted by Gasteiger charge is -2.35. The standard InChI is InChI=1S/C19H29NO/c1-4-5-12-20-13-7-6-11-18(20)19(21)14-17-15(2)9-8-10-16(17)3/h8-10,18H,4-7,11-14H2,1-3H3. The van der Waals surface area contributed by atoms with E-state index in [0.717, 1.165) is 19.5 Å². The molecule has 0 N–H and O–H groups in total. The summed E-state index contributed by atoms with van der Waals surface area (Å²) in [7, 11) is 0. The first-order valence-corrected chi connectivity index (χ1v) is 8.45. The molecule has 0 aromatic heterocycles. The Morgan fingerprint density at radius 2 is 1.95 bits per heavy atom. The van der Waals surface area contributed by atoms with Crippen molar-refractivity contribution in [2.24, 2.45) is 0 Å². The second-order valence-corrected chi connectivity index (χ2v) is 6.41. The smallest absolute Gasteiger partial charge is 0.154 e. The highest BCUT2D eigenvalue weighted by Crippen LogP contribution is 2.22. The van der Waals surface area contributed by atoms with E-state index in [1.54, 1.807) is 0 Å². The van der Waals surface area contributed by atoms with E-state index in [1.807, 2.05) is 0 Å². The van der Waals surface area contributed by atoms with Crippen molar-refractivity contribution in [2.45, 2.75) is 65.3 Å². The number of hydrogen-bond acceptors (Lipinski definition) is 2. The monoisotopic (exact) mass is 287 g/mol. The molecule has 1 aromatic rings. The number of rotatable bonds is 6. The molecule has 0 bridgehead atoms. The highest BCUT2D eigenvalue weighted by Gasteiger charge is 2.28. The highest BCUT2D eigenvalue weighted by molar-refractivity contribution is 5.86. The van der Waals surface area contributed by atoms with Gasteiger partial charge < -0.3 is 0 Å². The number of unbranched alkanes of at least 4 members (excludes halogenated alkanes) is 1. The van der Waals surface area contributed by atoms with Crippen LogP contribution in [-0.4, -0.2) is 29.8 Å². The summed E-state index contributed by atoms with van der Waals surface area (Å²) in [5, 5.41) is 0. The van der Waals surface area contributed by atoms with Gasteiger partial charge in [0.25, 0.3) is 0 Å². The number of ketones is 1. The predicted molar refractivity (Wildman–Crippen MR) is 88.7 cm³/mol. The molecule has 21 heavy (non-hydrogen) atoms. The van der Waals surface area contributed by atoms with Crippen LogP contribution in [0.15, 0.2) is 18.2 Å². The van der Waals surface area contributed by atoms with Gasteiger partial charge in [-0.1, -0.05) is 38.0 Å². The van der Waals surface area contributed by atoms with Gasteiger partial charge in [-0.2, -0.15) is 0 Å². The minimum atomic E-state index is 0.157. The summed E-state index contributed by atoms with van der Waals surface area (Å²) in [5.41, 5.74) is 3.74. The summed E-state index contributed by atoms with van der Waals surface area (Å²) >= 11 is 0. The van der Waals surface area contributed by atoms with Gasteiger partial charge in [0, 0.05) is 6.42 Å². The zero-order valence-electron chi connectivity index (χ0n) is 13.8. The number of likely N-dealkylation sites (tertiary alicyclic amines) is 1. The van der Waals surface area contributed by atoms with Crippen LogP contribution >= 0.6 is 0 Å². The molecule has 1 atom stereocenters. The van der Waals surface area contributed by atoms with Crippen molar-refractivity contribution in [3.05, 3.63) is 34.9 Å². The van der Waals surface area contributed by atoms with Gasteiger partial charge in [0.2, 0.25) is 0 Å². The number of Topliss-reactive ketones (excluding diaryl/α,β-unsaturated/α-hetero) is 1. The number of benzene rings is 1. The Morgan fingerprint density at radius 1 is 1.24 bits per heavy atom. The minimum absolute atomic E-state index is 0.157. The average Bonchev–Trinajstić information content (AvgIpc) is 2.49. The Bertz CT molecular complexity index is 460. The van der Waals surface area contributed by atoms with E-state index >= 15 is 0 Å². The summed E-state index contributed by atoms with van der Waals surface area (Å²) in [6.45, 7) is 8.64. The van der Waals surface area contributed by atoms with E-state index < -0.39 is 0 Å². The third-order valence-electron chi connectivity index (χ3n) is 4.78. The molecule has 1 heterocycles. The molecule has 0 saturated carbocycles. The number of nitrogens with zero attached hydrogens (tertiary/aromatic N) is 1. The molecule has 0 amide bonds. The van der Waals surface area contributed by atoms with Crippen molar-refractivity contribution >= 4 is 5.78 Å². The Labute approximate surface area is 129 Å². The van der Waals surface area contributed by atoms with Crippen LogP contribution in [0, 0.1) is 13.8 Å². The van der Waals surface area contributed by atoms with Crippen LogP contribution in [-0.2, 0) is 11.2 Å². The Kier molecular flexibility index (Phi) is 5.98. The number of hydrogen-bond donors (Lipinski definition) is 0. The lowest BCUT2D eigenvalue weighted by Crippen LogP contribution is -2.45. The quantitative estimate of drug-likeness (QED) is 0.786. The molecule has 0 spiro atoms. The number of carbonyl (C=O) groups is 1. The molecule has 0 radical (unpaired) electrons. The fourth-order valence-electron chi connectivity index (χ4n) is 3.40. The molecule has 2 heteroatoms. The van der Waals surface area contributed by atoms with Crippen molar-refractivity contribution in [1.29, 1.82) is 0 Å². The van der Waals surface area contributed by atoms with Crippen molar-refractivity contribution in [3.63, 3.8) is 0 Å². The zero-order valence-corrected chi connectivity index (χ0v) is 13.8. The van der Waals surface area contributed by atoms with Crippen molar-refractivity contribution in [2.75, 3.05) is 13.1 Å². The summed E-state index contributed by atoms with van der Waals surface area (Å²) in [5.74, 6) is 0.420. The Morgan fingerprint density at radius 3 is 2.62 bits per heavy atom. The van der Waals surface area contributed by atoms with Gasteiger partial charge >= 0.3 is 0 Å². The molecule has 1 saturated heterocycles. The summed E-state index contributed by atoms with van der Waals surface area (Å²) in [6.07, 6.45) is 6.50. The minimum Gasteiger partial charge on any atom is -0.298 e. The fourth-order valence-corrected chi connectivity index (χ4v) is 3.40. The van der Waals surface area contributed by atoms with Crippen LogP contribution in [0.1, 0.15) is 55.7 Å². The summed E-state index contributed by atoms with van der Waals surface area (Å²) in [6, 6.07) is 6.47. The summed E-state index contributed by atoms with van der Waals surface area (Å²) < 4.78 is 0. The molecule has 1 fully saturated rings. The van der Waals surface area contributed by atoms with Crippen LogP contribution in [0.2, 0.25) is 0 Å². The topological polar surface area (TPSA) is 20.3 Å². The van der Waals surface area contributed by atoms with Crippen LogP contribution < -0.4 is 0 Å². The van der Waals surface area contributed by atoms with Crippen molar-refractivity contribution in [3.8, 4) is 0 Å². The van der Waals surface area contributed by atoms with E-state index in [1.165, 1.54) is 42.4 Å². The molecule has 1 unspecified atom stereocenters. The maximum Gasteiger partial charge on any atom is 0.154 e. The first-order chi connectivity index (χ1) is 10.1. The maximum atomic E-state index is 12.8. The first kappa shape index (κ1) is 16.2. The van der Waals surface area contributed by atoms with Crippen molar-refractivity contribution < 1.29 is 4.79 Å². The lowest BCUT2D eigenvalue weighted by molar-refractivity contribution is -0.124. The van der Waals surface area contributed by atoms with E-state index in [-0.39, 0.29) is 6.04 Å². The van der Waals surface area contributed by atoms with Gasteiger partial charge in [-0.25, -0.2) is 0 Å². The molecule has 0 aliphatic carbocycles. The lowest BCUT2D eigenvalue weighted by atomic mass is 9.91.